The zero-order valence-electron chi connectivity index (χ0n) is 13.1. The average Bonchev–Trinajstić information content (AvgIpc) is 2.84. The third kappa shape index (κ3) is 3.74. The van der Waals surface area contributed by atoms with Gasteiger partial charge in [-0.15, -0.1) is 0 Å². The predicted molar refractivity (Wildman–Crippen MR) is 96.6 cm³/mol. The van der Waals surface area contributed by atoms with Crippen molar-refractivity contribution in [3.05, 3.63) is 34.3 Å². The molecule has 1 heterocycles. The number of halogens is 1. The second-order valence-electron chi connectivity index (χ2n) is 6.25. The summed E-state index contributed by atoms with van der Waals surface area (Å²) in [6.07, 6.45) is 5.60. The van der Waals surface area contributed by atoms with Gasteiger partial charge in [0.1, 0.15) is 0 Å². The molecule has 1 aliphatic carbocycles. The highest BCUT2D eigenvalue weighted by atomic mass is 79.9. The number of imide groups is 1. The van der Waals surface area contributed by atoms with Gasteiger partial charge in [-0.05, 0) is 37.5 Å². The van der Waals surface area contributed by atoms with Crippen LogP contribution in [0.5, 0.6) is 0 Å². The van der Waals surface area contributed by atoms with E-state index in [1.165, 1.54) is 23.1 Å². The van der Waals surface area contributed by atoms with Crippen LogP contribution in [-0.4, -0.2) is 28.3 Å². The van der Waals surface area contributed by atoms with Crippen LogP contribution in [0, 0.1) is 0 Å². The first-order valence-corrected chi connectivity index (χ1v) is 9.79. The van der Waals surface area contributed by atoms with Crippen LogP contribution in [0.25, 0.3) is 0 Å². The summed E-state index contributed by atoms with van der Waals surface area (Å²) in [5.74, 6) is 0. The molecule has 1 aromatic rings. The molecular weight excluding hydrogens is 376 g/mol. The van der Waals surface area contributed by atoms with Gasteiger partial charge in [-0.3, -0.25) is 9.69 Å². The minimum Gasteiger partial charge on any atom is -0.335 e. The molecule has 0 spiro atoms. The molecule has 3 amide bonds. The smallest absolute Gasteiger partial charge is 0.325 e. The van der Waals surface area contributed by atoms with E-state index < -0.39 is 0 Å². The lowest BCUT2D eigenvalue weighted by Crippen LogP contribution is -2.48. The fourth-order valence-corrected chi connectivity index (χ4v) is 4.78. The molecule has 124 valence electrons. The molecule has 1 aromatic carbocycles. The Hall–Kier alpha value is -1.01. The summed E-state index contributed by atoms with van der Waals surface area (Å²) < 4.78 is 1.01. The van der Waals surface area contributed by atoms with Gasteiger partial charge in [0.25, 0.3) is 5.24 Å². The maximum atomic E-state index is 12.5. The fourth-order valence-electron chi connectivity index (χ4n) is 3.32. The summed E-state index contributed by atoms with van der Waals surface area (Å²) in [5.41, 5.74) is 1.08. The van der Waals surface area contributed by atoms with E-state index in [4.69, 9.17) is 0 Å². The summed E-state index contributed by atoms with van der Waals surface area (Å²) in [6, 6.07) is 7.80. The molecule has 2 atom stereocenters. The summed E-state index contributed by atoms with van der Waals surface area (Å²) in [6.45, 7) is 1.95. The molecule has 0 bridgehead atoms. The van der Waals surface area contributed by atoms with Crippen molar-refractivity contribution in [1.82, 2.24) is 10.2 Å². The van der Waals surface area contributed by atoms with E-state index >= 15 is 0 Å². The summed E-state index contributed by atoms with van der Waals surface area (Å²) in [4.78, 5) is 26.3. The number of benzene rings is 1. The van der Waals surface area contributed by atoms with Gasteiger partial charge >= 0.3 is 6.03 Å². The van der Waals surface area contributed by atoms with Crippen LogP contribution in [0.2, 0.25) is 0 Å². The van der Waals surface area contributed by atoms with Crippen LogP contribution in [0.1, 0.15) is 49.8 Å². The molecular formula is C17H21BrN2O2S. The molecule has 0 aromatic heterocycles. The van der Waals surface area contributed by atoms with Crippen LogP contribution in [0.3, 0.4) is 0 Å². The van der Waals surface area contributed by atoms with Crippen LogP contribution in [-0.2, 0) is 0 Å². The number of nitrogens with zero attached hydrogens (tertiary/aromatic N) is 1. The molecule has 0 radical (unpaired) electrons. The number of thioether (sulfide) groups is 1. The SMILES string of the molecule is C[C@H]1[C@H](c2ccc(Br)cc2)SC(=O)N1C(=O)NC1CCCCC1. The molecule has 1 saturated heterocycles. The van der Waals surface area contributed by atoms with Gasteiger partial charge < -0.3 is 5.32 Å². The average molecular weight is 397 g/mol. The van der Waals surface area contributed by atoms with E-state index in [0.29, 0.717) is 0 Å². The van der Waals surface area contributed by atoms with E-state index in [0.717, 1.165) is 35.7 Å². The molecule has 3 rings (SSSR count). The largest absolute Gasteiger partial charge is 0.335 e. The number of hydrogen-bond donors (Lipinski definition) is 1. The summed E-state index contributed by atoms with van der Waals surface area (Å²) >= 11 is 4.66. The lowest BCUT2D eigenvalue weighted by molar-refractivity contribution is 0.184. The molecule has 2 fully saturated rings. The van der Waals surface area contributed by atoms with Gasteiger partial charge in [0.05, 0.1) is 11.3 Å². The Bertz CT molecular complexity index is 587. The van der Waals surface area contributed by atoms with Crippen LogP contribution in [0.15, 0.2) is 28.7 Å². The van der Waals surface area contributed by atoms with Gasteiger partial charge in [-0.1, -0.05) is 59.1 Å². The molecule has 0 unspecified atom stereocenters. The molecule has 1 aliphatic heterocycles. The number of nitrogens with one attached hydrogen (secondary N) is 1. The minimum absolute atomic E-state index is 0.00675. The van der Waals surface area contributed by atoms with E-state index in [9.17, 15) is 9.59 Å². The van der Waals surface area contributed by atoms with Crippen molar-refractivity contribution in [2.24, 2.45) is 0 Å². The fraction of sp³-hybridized carbons (Fsp3) is 0.529. The first-order chi connectivity index (χ1) is 11.1. The van der Waals surface area contributed by atoms with Crippen molar-refractivity contribution in [1.29, 1.82) is 0 Å². The third-order valence-electron chi connectivity index (χ3n) is 4.62. The highest BCUT2D eigenvalue weighted by Gasteiger charge is 2.42. The Balaban J connectivity index is 1.69. The Morgan fingerprint density at radius 1 is 1.22 bits per heavy atom. The normalized spacial score (nSPS) is 25.7. The van der Waals surface area contributed by atoms with Crippen molar-refractivity contribution in [2.75, 3.05) is 0 Å². The van der Waals surface area contributed by atoms with Gasteiger partial charge in [-0.2, -0.15) is 0 Å². The maximum Gasteiger partial charge on any atom is 0.325 e. The molecule has 4 nitrogen and oxygen atoms in total. The zero-order chi connectivity index (χ0) is 16.4. The minimum atomic E-state index is -0.235. The van der Waals surface area contributed by atoms with E-state index in [-0.39, 0.29) is 28.6 Å². The number of rotatable bonds is 2. The van der Waals surface area contributed by atoms with Crippen LogP contribution < -0.4 is 5.32 Å². The number of carbonyl (C=O) groups excluding carboxylic acids is 2. The summed E-state index contributed by atoms with van der Waals surface area (Å²) in [5, 5.41) is 2.89. The number of amides is 3. The number of hydrogen-bond acceptors (Lipinski definition) is 3. The summed E-state index contributed by atoms with van der Waals surface area (Å²) in [7, 11) is 0. The first kappa shape index (κ1) is 16.8. The van der Waals surface area contributed by atoms with Crippen molar-refractivity contribution < 1.29 is 9.59 Å². The lowest BCUT2D eigenvalue weighted by atomic mass is 9.96. The van der Waals surface area contributed by atoms with E-state index in [2.05, 4.69) is 21.2 Å². The van der Waals surface area contributed by atoms with Crippen molar-refractivity contribution >= 4 is 39.0 Å². The van der Waals surface area contributed by atoms with Crippen LogP contribution >= 0.6 is 27.7 Å². The maximum absolute atomic E-state index is 12.5. The zero-order valence-corrected chi connectivity index (χ0v) is 15.5. The first-order valence-electron chi connectivity index (χ1n) is 8.12. The number of urea groups is 1. The highest BCUT2D eigenvalue weighted by Crippen LogP contribution is 2.43. The van der Waals surface area contributed by atoms with Crippen molar-refractivity contribution in [2.45, 2.75) is 56.4 Å². The Morgan fingerprint density at radius 3 is 2.52 bits per heavy atom. The van der Waals surface area contributed by atoms with E-state index in [1.807, 2.05) is 31.2 Å². The van der Waals surface area contributed by atoms with Crippen molar-refractivity contribution in [3.8, 4) is 0 Å². The van der Waals surface area contributed by atoms with Gasteiger partial charge in [-0.25, -0.2) is 4.79 Å². The third-order valence-corrected chi connectivity index (χ3v) is 6.47. The molecule has 2 aliphatic rings. The predicted octanol–water partition coefficient (Wildman–Crippen LogP) is 5.09. The second-order valence-corrected chi connectivity index (χ2v) is 8.26. The van der Waals surface area contributed by atoms with E-state index in [1.54, 1.807) is 0 Å². The second kappa shape index (κ2) is 7.26. The van der Waals surface area contributed by atoms with Crippen LogP contribution in [0.4, 0.5) is 9.59 Å². The Morgan fingerprint density at radius 2 is 1.87 bits per heavy atom. The Labute approximate surface area is 149 Å². The topological polar surface area (TPSA) is 49.4 Å². The molecule has 23 heavy (non-hydrogen) atoms. The number of carbonyl (C=O) groups is 2. The van der Waals surface area contributed by atoms with Gasteiger partial charge in [0.15, 0.2) is 0 Å². The lowest BCUT2D eigenvalue weighted by Gasteiger charge is -2.27. The van der Waals surface area contributed by atoms with Gasteiger partial charge in [0.2, 0.25) is 0 Å². The molecule has 1 N–H and O–H groups in total. The van der Waals surface area contributed by atoms with Crippen molar-refractivity contribution in [3.63, 3.8) is 0 Å². The van der Waals surface area contributed by atoms with Gasteiger partial charge in [0, 0.05) is 10.5 Å². The quantitative estimate of drug-likeness (QED) is 0.756. The molecule has 6 heteroatoms. The monoisotopic (exact) mass is 396 g/mol. The molecule has 1 saturated carbocycles. The highest BCUT2D eigenvalue weighted by molar-refractivity contribution is 9.10. The standard InChI is InChI=1S/C17H21BrN2O2S/c1-11-15(12-7-9-13(18)10-8-12)23-17(22)20(11)16(21)19-14-5-3-2-4-6-14/h7-11,14-15H,2-6H2,1H3,(H,19,21)/t11-,15+/m0/s1. The Kier molecular flexibility index (Phi) is 5.31.